The molecule has 5 nitrogen and oxygen atoms in total. The first-order valence-corrected chi connectivity index (χ1v) is 11.1. The lowest BCUT2D eigenvalue weighted by molar-refractivity contribution is -0.126. The topological polar surface area (TPSA) is 66.5 Å². The standard InChI is InChI=1S/C19H23FN2O3S2/c1-13-10-15(6-7-17(13)20)11-21-19(23)16-4-3-9-22(12-16)27(24,25)18-8-5-14(2)26-18/h5-8,10,16H,3-4,9,11-12H2,1-2H3,(H,21,23). The Labute approximate surface area is 163 Å². The van der Waals surface area contributed by atoms with Crippen LogP contribution in [0.5, 0.6) is 0 Å². The van der Waals surface area contributed by atoms with Gasteiger partial charge in [-0.2, -0.15) is 4.31 Å². The molecule has 2 heterocycles. The third kappa shape index (κ3) is 4.56. The Morgan fingerprint density at radius 3 is 2.74 bits per heavy atom. The molecule has 0 aliphatic carbocycles. The van der Waals surface area contributed by atoms with E-state index in [4.69, 9.17) is 0 Å². The van der Waals surface area contributed by atoms with Crippen LogP contribution in [0.1, 0.15) is 28.8 Å². The molecule has 8 heteroatoms. The van der Waals surface area contributed by atoms with Gasteiger partial charge in [-0.1, -0.05) is 12.1 Å². The molecule has 2 aromatic rings. The van der Waals surface area contributed by atoms with Gasteiger partial charge in [0.2, 0.25) is 5.91 Å². The molecule has 0 spiro atoms. The summed E-state index contributed by atoms with van der Waals surface area (Å²) in [5, 5.41) is 2.85. The molecule has 1 saturated heterocycles. The summed E-state index contributed by atoms with van der Waals surface area (Å²) >= 11 is 1.25. The second-order valence-electron chi connectivity index (χ2n) is 6.87. The Balaban J connectivity index is 1.63. The molecule has 1 aliphatic heterocycles. The summed E-state index contributed by atoms with van der Waals surface area (Å²) in [7, 11) is -3.55. The molecule has 27 heavy (non-hydrogen) atoms. The van der Waals surface area contributed by atoms with E-state index < -0.39 is 10.0 Å². The number of piperidine rings is 1. The monoisotopic (exact) mass is 410 g/mol. The zero-order valence-corrected chi connectivity index (χ0v) is 17.0. The van der Waals surface area contributed by atoms with Gasteiger partial charge in [0.05, 0.1) is 5.92 Å². The van der Waals surface area contributed by atoms with E-state index in [9.17, 15) is 17.6 Å². The quantitative estimate of drug-likeness (QED) is 0.823. The van der Waals surface area contributed by atoms with Crippen LogP contribution in [0, 0.1) is 25.6 Å². The SMILES string of the molecule is Cc1ccc(S(=O)(=O)N2CCCC(C(=O)NCc3ccc(F)c(C)c3)C2)s1. The van der Waals surface area contributed by atoms with Crippen LogP contribution in [0.25, 0.3) is 0 Å². The zero-order valence-electron chi connectivity index (χ0n) is 15.4. The maximum Gasteiger partial charge on any atom is 0.252 e. The van der Waals surface area contributed by atoms with Crippen molar-refractivity contribution < 1.29 is 17.6 Å². The van der Waals surface area contributed by atoms with Crippen molar-refractivity contribution in [2.75, 3.05) is 13.1 Å². The maximum absolute atomic E-state index is 13.3. The van der Waals surface area contributed by atoms with Gasteiger partial charge >= 0.3 is 0 Å². The number of benzene rings is 1. The van der Waals surface area contributed by atoms with Crippen molar-refractivity contribution in [2.24, 2.45) is 5.92 Å². The lowest BCUT2D eigenvalue weighted by Crippen LogP contribution is -2.45. The molecule has 1 aromatic carbocycles. The fourth-order valence-electron chi connectivity index (χ4n) is 3.20. The molecule has 1 atom stereocenters. The summed E-state index contributed by atoms with van der Waals surface area (Å²) in [6.07, 6.45) is 1.31. The Morgan fingerprint density at radius 2 is 2.07 bits per heavy atom. The Kier molecular flexibility index (Phi) is 5.98. The summed E-state index contributed by atoms with van der Waals surface area (Å²) in [5.74, 6) is -0.822. The van der Waals surface area contributed by atoms with Gasteiger partial charge in [-0.15, -0.1) is 11.3 Å². The van der Waals surface area contributed by atoms with E-state index in [1.165, 1.54) is 21.7 Å². The van der Waals surface area contributed by atoms with Crippen molar-refractivity contribution in [3.05, 3.63) is 52.2 Å². The minimum atomic E-state index is -3.55. The van der Waals surface area contributed by atoms with E-state index in [1.54, 1.807) is 31.2 Å². The number of nitrogens with one attached hydrogen (secondary N) is 1. The molecule has 1 aromatic heterocycles. The van der Waals surface area contributed by atoms with Crippen molar-refractivity contribution in [1.82, 2.24) is 9.62 Å². The van der Waals surface area contributed by atoms with E-state index in [1.807, 2.05) is 6.92 Å². The first-order valence-electron chi connectivity index (χ1n) is 8.86. The fraction of sp³-hybridized carbons (Fsp3) is 0.421. The predicted molar refractivity (Wildman–Crippen MR) is 104 cm³/mol. The lowest BCUT2D eigenvalue weighted by Gasteiger charge is -2.30. The van der Waals surface area contributed by atoms with E-state index in [0.29, 0.717) is 35.7 Å². The highest BCUT2D eigenvalue weighted by molar-refractivity contribution is 7.91. The van der Waals surface area contributed by atoms with Crippen molar-refractivity contribution in [3.63, 3.8) is 0 Å². The van der Waals surface area contributed by atoms with Gasteiger partial charge < -0.3 is 5.32 Å². The molecule has 0 bridgehead atoms. The van der Waals surface area contributed by atoms with Gasteiger partial charge in [0.25, 0.3) is 10.0 Å². The van der Waals surface area contributed by atoms with Gasteiger partial charge in [-0.3, -0.25) is 4.79 Å². The smallest absolute Gasteiger partial charge is 0.252 e. The summed E-state index contributed by atoms with van der Waals surface area (Å²) in [6, 6.07) is 8.13. The molecule has 1 amide bonds. The van der Waals surface area contributed by atoms with Crippen molar-refractivity contribution in [3.8, 4) is 0 Å². The minimum Gasteiger partial charge on any atom is -0.352 e. The number of carbonyl (C=O) groups excluding carboxylic acids is 1. The number of hydrogen-bond acceptors (Lipinski definition) is 4. The largest absolute Gasteiger partial charge is 0.352 e. The second-order valence-corrected chi connectivity index (χ2v) is 10.3. The van der Waals surface area contributed by atoms with E-state index in [-0.39, 0.29) is 24.2 Å². The summed E-state index contributed by atoms with van der Waals surface area (Å²) in [6.45, 7) is 4.46. The molecule has 1 N–H and O–H groups in total. The van der Waals surface area contributed by atoms with Gasteiger partial charge in [-0.05, 0) is 56.0 Å². The number of sulfonamides is 1. The highest BCUT2D eigenvalue weighted by atomic mass is 32.2. The normalized spacial score (nSPS) is 18.4. The molecule has 146 valence electrons. The number of hydrogen-bond donors (Lipinski definition) is 1. The highest BCUT2D eigenvalue weighted by Gasteiger charge is 2.33. The van der Waals surface area contributed by atoms with Crippen LogP contribution in [-0.2, 0) is 21.4 Å². The van der Waals surface area contributed by atoms with Crippen LogP contribution in [0.3, 0.4) is 0 Å². The number of amides is 1. The average molecular weight is 411 g/mol. The summed E-state index contributed by atoms with van der Waals surface area (Å²) < 4.78 is 40.6. The first-order chi connectivity index (χ1) is 12.8. The summed E-state index contributed by atoms with van der Waals surface area (Å²) in [4.78, 5) is 13.5. The van der Waals surface area contributed by atoms with Crippen LogP contribution < -0.4 is 5.32 Å². The van der Waals surface area contributed by atoms with Gasteiger partial charge in [0, 0.05) is 24.5 Å². The maximum atomic E-state index is 13.3. The molecule has 1 unspecified atom stereocenters. The first kappa shape index (κ1) is 20.0. The van der Waals surface area contributed by atoms with Gasteiger partial charge in [0.1, 0.15) is 10.0 Å². The zero-order chi connectivity index (χ0) is 19.6. The van der Waals surface area contributed by atoms with Crippen LogP contribution in [0.15, 0.2) is 34.5 Å². The third-order valence-electron chi connectivity index (χ3n) is 4.75. The van der Waals surface area contributed by atoms with E-state index in [0.717, 1.165) is 10.4 Å². The van der Waals surface area contributed by atoms with E-state index >= 15 is 0 Å². The Hall–Kier alpha value is -1.77. The number of thiophene rings is 1. The molecular formula is C19H23FN2O3S2. The summed E-state index contributed by atoms with van der Waals surface area (Å²) in [5.41, 5.74) is 1.35. The molecule has 3 rings (SSSR count). The van der Waals surface area contributed by atoms with Crippen LogP contribution >= 0.6 is 11.3 Å². The Morgan fingerprint density at radius 1 is 1.30 bits per heavy atom. The fourth-order valence-corrected chi connectivity index (χ4v) is 6.16. The van der Waals surface area contributed by atoms with Crippen LogP contribution in [0.2, 0.25) is 0 Å². The number of carbonyl (C=O) groups is 1. The number of halogens is 1. The number of aryl methyl sites for hydroxylation is 2. The lowest BCUT2D eigenvalue weighted by atomic mass is 9.98. The average Bonchev–Trinajstić information content (AvgIpc) is 3.10. The minimum absolute atomic E-state index is 0.167. The van der Waals surface area contributed by atoms with Crippen LogP contribution in [0.4, 0.5) is 4.39 Å². The van der Waals surface area contributed by atoms with Crippen molar-refractivity contribution in [2.45, 2.75) is 37.4 Å². The van der Waals surface area contributed by atoms with Gasteiger partial charge in [0.15, 0.2) is 0 Å². The molecular weight excluding hydrogens is 387 g/mol. The van der Waals surface area contributed by atoms with E-state index in [2.05, 4.69) is 5.32 Å². The predicted octanol–water partition coefficient (Wildman–Crippen LogP) is 3.22. The molecule has 1 aliphatic rings. The van der Waals surface area contributed by atoms with Crippen molar-refractivity contribution in [1.29, 1.82) is 0 Å². The third-order valence-corrected chi connectivity index (χ3v) is 8.09. The number of rotatable bonds is 5. The second kappa shape index (κ2) is 8.08. The van der Waals surface area contributed by atoms with Gasteiger partial charge in [-0.25, -0.2) is 12.8 Å². The number of nitrogens with zero attached hydrogens (tertiary/aromatic N) is 1. The molecule has 0 radical (unpaired) electrons. The highest BCUT2D eigenvalue weighted by Crippen LogP contribution is 2.28. The van der Waals surface area contributed by atoms with Crippen molar-refractivity contribution >= 4 is 27.3 Å². The van der Waals surface area contributed by atoms with Crippen LogP contribution in [-0.4, -0.2) is 31.7 Å². The molecule has 1 fully saturated rings. The molecule has 0 saturated carbocycles. The Bertz CT molecular complexity index is 940.